The molecule has 0 aliphatic carbocycles. The largest absolute Gasteiger partial charge is 0.326 e. The molecule has 0 amide bonds. The molecule has 0 bridgehead atoms. The lowest BCUT2D eigenvalue weighted by molar-refractivity contribution is 1.06. The number of hydrogen-bond acceptors (Lipinski definition) is 2. The van der Waals surface area contributed by atoms with E-state index in [1.807, 2.05) is 0 Å². The highest BCUT2D eigenvalue weighted by molar-refractivity contribution is 5.71. The van der Waals surface area contributed by atoms with E-state index in [0.29, 0.717) is 13.1 Å². The first-order chi connectivity index (χ1) is 8.26. The van der Waals surface area contributed by atoms with Crippen LogP contribution in [-0.4, -0.2) is 0 Å². The molecule has 0 aliphatic rings. The lowest BCUT2D eigenvalue weighted by Gasteiger charge is -2.12. The van der Waals surface area contributed by atoms with Gasteiger partial charge in [0.2, 0.25) is 0 Å². The van der Waals surface area contributed by atoms with E-state index in [0.717, 1.165) is 5.56 Å². The molecule has 0 unspecified atom stereocenters. The molecule has 0 spiro atoms. The van der Waals surface area contributed by atoms with Crippen molar-refractivity contribution in [3.05, 3.63) is 59.2 Å². The molecule has 2 aromatic rings. The van der Waals surface area contributed by atoms with Crippen LogP contribution in [0, 0.1) is 6.92 Å². The van der Waals surface area contributed by atoms with Gasteiger partial charge >= 0.3 is 0 Å². The van der Waals surface area contributed by atoms with Crippen LogP contribution >= 0.6 is 0 Å². The molecule has 0 heterocycles. The third kappa shape index (κ3) is 2.38. The molecular formula is C15H18N2. The van der Waals surface area contributed by atoms with Crippen LogP contribution in [0.25, 0.3) is 11.1 Å². The molecule has 2 nitrogen and oxygen atoms in total. The molecule has 2 aromatic carbocycles. The van der Waals surface area contributed by atoms with Gasteiger partial charge in [0.15, 0.2) is 0 Å². The van der Waals surface area contributed by atoms with Gasteiger partial charge in [-0.05, 0) is 34.7 Å². The van der Waals surface area contributed by atoms with Gasteiger partial charge in [0.25, 0.3) is 0 Å². The highest BCUT2D eigenvalue weighted by Crippen LogP contribution is 2.27. The first-order valence-corrected chi connectivity index (χ1v) is 5.84. The van der Waals surface area contributed by atoms with Crippen LogP contribution in [-0.2, 0) is 13.1 Å². The molecule has 0 saturated heterocycles. The van der Waals surface area contributed by atoms with Gasteiger partial charge in [-0.1, -0.05) is 42.5 Å². The van der Waals surface area contributed by atoms with E-state index in [1.54, 1.807) is 0 Å². The zero-order chi connectivity index (χ0) is 12.3. The van der Waals surface area contributed by atoms with Gasteiger partial charge in [0, 0.05) is 13.1 Å². The quantitative estimate of drug-likeness (QED) is 0.845. The van der Waals surface area contributed by atoms with E-state index in [4.69, 9.17) is 11.5 Å². The lowest BCUT2D eigenvalue weighted by Crippen LogP contribution is -2.01. The Morgan fingerprint density at radius 2 is 1.59 bits per heavy atom. The van der Waals surface area contributed by atoms with Crippen LogP contribution in [0.1, 0.15) is 16.7 Å². The molecular weight excluding hydrogens is 208 g/mol. The van der Waals surface area contributed by atoms with Gasteiger partial charge in [-0.15, -0.1) is 0 Å². The zero-order valence-electron chi connectivity index (χ0n) is 10.1. The molecule has 0 aliphatic heterocycles. The average Bonchev–Trinajstić information content (AvgIpc) is 2.38. The normalized spacial score (nSPS) is 10.5. The zero-order valence-corrected chi connectivity index (χ0v) is 10.1. The predicted octanol–water partition coefficient (Wildman–Crippen LogP) is 2.58. The fourth-order valence-corrected chi connectivity index (χ4v) is 2.12. The summed E-state index contributed by atoms with van der Waals surface area (Å²) in [5, 5.41) is 0. The highest BCUT2D eigenvalue weighted by Gasteiger charge is 2.06. The first kappa shape index (κ1) is 11.8. The molecule has 0 fully saturated rings. The van der Waals surface area contributed by atoms with E-state index < -0.39 is 0 Å². The highest BCUT2D eigenvalue weighted by atomic mass is 14.5. The Morgan fingerprint density at radius 3 is 2.18 bits per heavy atom. The molecule has 0 atom stereocenters. The Kier molecular flexibility index (Phi) is 3.57. The molecule has 0 radical (unpaired) electrons. The molecule has 0 saturated carbocycles. The average molecular weight is 226 g/mol. The Balaban J connectivity index is 2.51. The summed E-state index contributed by atoms with van der Waals surface area (Å²) >= 11 is 0. The third-order valence-corrected chi connectivity index (χ3v) is 3.06. The number of nitrogens with two attached hydrogens (primary N) is 2. The minimum Gasteiger partial charge on any atom is -0.326 e. The summed E-state index contributed by atoms with van der Waals surface area (Å²) in [4.78, 5) is 0. The third-order valence-electron chi connectivity index (χ3n) is 3.06. The van der Waals surface area contributed by atoms with Crippen LogP contribution in [0.3, 0.4) is 0 Å². The van der Waals surface area contributed by atoms with Crippen molar-refractivity contribution in [2.24, 2.45) is 11.5 Å². The maximum Gasteiger partial charge on any atom is 0.0184 e. The predicted molar refractivity (Wildman–Crippen MR) is 72.4 cm³/mol. The van der Waals surface area contributed by atoms with E-state index in [-0.39, 0.29) is 0 Å². The lowest BCUT2D eigenvalue weighted by atomic mass is 9.94. The van der Waals surface area contributed by atoms with Gasteiger partial charge in [0.1, 0.15) is 0 Å². The molecule has 2 heteroatoms. The van der Waals surface area contributed by atoms with Crippen molar-refractivity contribution in [1.29, 1.82) is 0 Å². The van der Waals surface area contributed by atoms with Crippen molar-refractivity contribution in [3.8, 4) is 11.1 Å². The van der Waals surface area contributed by atoms with E-state index in [1.165, 1.54) is 22.3 Å². The molecule has 88 valence electrons. The van der Waals surface area contributed by atoms with Crippen LogP contribution < -0.4 is 11.5 Å². The van der Waals surface area contributed by atoms with Crippen molar-refractivity contribution < 1.29 is 0 Å². The number of rotatable bonds is 3. The van der Waals surface area contributed by atoms with Gasteiger partial charge < -0.3 is 11.5 Å². The Hall–Kier alpha value is -1.64. The van der Waals surface area contributed by atoms with Crippen molar-refractivity contribution in [2.45, 2.75) is 20.0 Å². The number of hydrogen-bond donors (Lipinski definition) is 2. The number of aryl methyl sites for hydroxylation is 1. The van der Waals surface area contributed by atoms with Crippen molar-refractivity contribution in [1.82, 2.24) is 0 Å². The van der Waals surface area contributed by atoms with Crippen LogP contribution in [0.2, 0.25) is 0 Å². The fourth-order valence-electron chi connectivity index (χ4n) is 2.12. The summed E-state index contributed by atoms with van der Waals surface area (Å²) in [6, 6.07) is 14.6. The van der Waals surface area contributed by atoms with Crippen molar-refractivity contribution in [3.63, 3.8) is 0 Å². The summed E-state index contributed by atoms with van der Waals surface area (Å²) in [5.74, 6) is 0. The monoisotopic (exact) mass is 226 g/mol. The Bertz CT molecular complexity index is 501. The van der Waals surface area contributed by atoms with Crippen molar-refractivity contribution in [2.75, 3.05) is 0 Å². The van der Waals surface area contributed by atoms with Crippen molar-refractivity contribution >= 4 is 0 Å². The molecule has 2 rings (SSSR count). The molecule has 17 heavy (non-hydrogen) atoms. The second kappa shape index (κ2) is 5.13. The maximum atomic E-state index is 5.79. The SMILES string of the molecule is Cc1cccc(CN)c1-c1ccc(CN)cc1. The molecule has 4 N–H and O–H groups in total. The van der Waals surface area contributed by atoms with E-state index in [2.05, 4.69) is 49.4 Å². The maximum absolute atomic E-state index is 5.79. The molecule has 0 aromatic heterocycles. The van der Waals surface area contributed by atoms with Crippen LogP contribution in [0.4, 0.5) is 0 Å². The second-order valence-electron chi connectivity index (χ2n) is 4.21. The van der Waals surface area contributed by atoms with Gasteiger partial charge in [-0.2, -0.15) is 0 Å². The van der Waals surface area contributed by atoms with Gasteiger partial charge in [0.05, 0.1) is 0 Å². The number of benzene rings is 2. The van der Waals surface area contributed by atoms with E-state index in [9.17, 15) is 0 Å². The van der Waals surface area contributed by atoms with E-state index >= 15 is 0 Å². The van der Waals surface area contributed by atoms with Crippen LogP contribution in [0.15, 0.2) is 42.5 Å². The smallest absolute Gasteiger partial charge is 0.0184 e. The Labute approximate surface area is 102 Å². The summed E-state index contributed by atoms with van der Waals surface area (Å²) in [5.41, 5.74) is 17.4. The summed E-state index contributed by atoms with van der Waals surface area (Å²) in [6.07, 6.45) is 0. The second-order valence-corrected chi connectivity index (χ2v) is 4.21. The standard InChI is InChI=1S/C15H18N2/c1-11-3-2-4-14(10-17)15(11)13-7-5-12(9-16)6-8-13/h2-8H,9-10,16-17H2,1H3. The minimum absolute atomic E-state index is 0.565. The Morgan fingerprint density at radius 1 is 0.882 bits per heavy atom. The summed E-state index contributed by atoms with van der Waals surface area (Å²) in [7, 11) is 0. The first-order valence-electron chi connectivity index (χ1n) is 5.84. The topological polar surface area (TPSA) is 52.0 Å². The van der Waals surface area contributed by atoms with Gasteiger partial charge in [-0.3, -0.25) is 0 Å². The minimum atomic E-state index is 0.565. The van der Waals surface area contributed by atoms with Crippen LogP contribution in [0.5, 0.6) is 0 Å². The fraction of sp³-hybridized carbons (Fsp3) is 0.200. The summed E-state index contributed by atoms with van der Waals surface area (Å²) in [6.45, 7) is 3.26. The van der Waals surface area contributed by atoms with Gasteiger partial charge in [-0.25, -0.2) is 0 Å². The summed E-state index contributed by atoms with van der Waals surface area (Å²) < 4.78 is 0.